The Balaban J connectivity index is 2.11. The lowest BCUT2D eigenvalue weighted by molar-refractivity contribution is -0.0329. The second kappa shape index (κ2) is 6.65. The van der Waals surface area contributed by atoms with Crippen LogP contribution in [0.15, 0.2) is 23.4 Å². The number of hydrogen-bond acceptors (Lipinski definition) is 4. The molecule has 0 saturated carbocycles. The molecule has 2 N–H and O–H groups in total. The van der Waals surface area contributed by atoms with Crippen LogP contribution < -0.4 is 10.6 Å². The van der Waals surface area contributed by atoms with Crippen LogP contribution in [0.25, 0.3) is 0 Å². The number of aromatic nitrogens is 1. The molecule has 8 heteroatoms. The molecule has 4 nitrogen and oxygen atoms in total. The van der Waals surface area contributed by atoms with E-state index < -0.39 is 11.4 Å². The van der Waals surface area contributed by atoms with Gasteiger partial charge in [0, 0.05) is 30.0 Å². The first-order valence-corrected chi connectivity index (χ1v) is 7.43. The van der Waals surface area contributed by atoms with Gasteiger partial charge in [0.05, 0.1) is 5.56 Å². The third-order valence-electron chi connectivity index (χ3n) is 3.31. The normalized spacial score (nSPS) is 22.9. The summed E-state index contributed by atoms with van der Waals surface area (Å²) >= 11 is -0.369. The van der Waals surface area contributed by atoms with E-state index in [4.69, 9.17) is 0 Å². The first-order chi connectivity index (χ1) is 9.87. The lowest BCUT2D eigenvalue weighted by Gasteiger charge is -2.30. The molecule has 1 saturated heterocycles. The topological polar surface area (TPSA) is 54.0 Å². The van der Waals surface area contributed by atoms with Gasteiger partial charge in [0.2, 0.25) is 0 Å². The Morgan fingerprint density at radius 3 is 2.95 bits per heavy atom. The molecule has 1 aromatic heterocycles. The largest absolute Gasteiger partial charge is 0.447 e. The summed E-state index contributed by atoms with van der Waals surface area (Å²) in [6, 6.07) is 2.82. The summed E-state index contributed by atoms with van der Waals surface area (Å²) in [4.78, 5) is 15.9. The van der Waals surface area contributed by atoms with Crippen molar-refractivity contribution < 1.29 is 18.0 Å². The van der Waals surface area contributed by atoms with Gasteiger partial charge in [0.1, 0.15) is 5.03 Å². The van der Waals surface area contributed by atoms with Crippen LogP contribution in [-0.2, 0) is 0 Å². The summed E-state index contributed by atoms with van der Waals surface area (Å²) in [5.74, 6) is -0.518. The molecule has 0 radical (unpaired) electrons. The van der Waals surface area contributed by atoms with Crippen LogP contribution in [0.1, 0.15) is 30.1 Å². The van der Waals surface area contributed by atoms with Crippen molar-refractivity contribution in [3.05, 3.63) is 23.9 Å². The molecule has 21 heavy (non-hydrogen) atoms. The van der Waals surface area contributed by atoms with Crippen molar-refractivity contribution >= 4 is 17.7 Å². The molecular weight excluding hydrogens is 303 g/mol. The minimum atomic E-state index is -4.47. The lowest BCUT2D eigenvalue weighted by atomic mass is 9.99. The molecule has 2 heterocycles. The molecule has 0 bridgehead atoms. The van der Waals surface area contributed by atoms with E-state index in [1.807, 2.05) is 6.92 Å². The van der Waals surface area contributed by atoms with Crippen LogP contribution in [0, 0.1) is 0 Å². The molecule has 1 fully saturated rings. The van der Waals surface area contributed by atoms with Crippen LogP contribution in [-0.4, -0.2) is 35.0 Å². The van der Waals surface area contributed by atoms with Gasteiger partial charge in [0.15, 0.2) is 0 Å². The van der Waals surface area contributed by atoms with Gasteiger partial charge in [-0.25, -0.2) is 4.98 Å². The molecule has 116 valence electrons. The summed E-state index contributed by atoms with van der Waals surface area (Å²) in [5, 5.41) is 5.69. The third-order valence-corrected chi connectivity index (χ3v) is 4.06. The van der Waals surface area contributed by atoms with Crippen molar-refractivity contribution in [1.82, 2.24) is 15.6 Å². The molecule has 1 aromatic rings. The summed E-state index contributed by atoms with van der Waals surface area (Å²) in [5.41, 5.74) is -4.51. The van der Waals surface area contributed by atoms with Gasteiger partial charge in [-0.3, -0.25) is 4.79 Å². The van der Waals surface area contributed by atoms with Crippen LogP contribution in [0.2, 0.25) is 0 Å². The fourth-order valence-electron chi connectivity index (χ4n) is 2.24. The van der Waals surface area contributed by atoms with Crippen molar-refractivity contribution in [2.75, 3.05) is 6.54 Å². The molecule has 0 aliphatic carbocycles. The Morgan fingerprint density at radius 2 is 2.29 bits per heavy atom. The molecule has 0 aromatic carbocycles. The summed E-state index contributed by atoms with van der Waals surface area (Å²) in [6.45, 7) is 2.83. The van der Waals surface area contributed by atoms with Crippen molar-refractivity contribution in [2.45, 2.75) is 42.4 Å². The van der Waals surface area contributed by atoms with Crippen molar-refractivity contribution in [3.63, 3.8) is 0 Å². The van der Waals surface area contributed by atoms with E-state index in [1.54, 1.807) is 0 Å². The zero-order valence-electron chi connectivity index (χ0n) is 11.4. The molecule has 0 spiro atoms. The monoisotopic (exact) mass is 319 g/mol. The predicted octanol–water partition coefficient (Wildman–Crippen LogP) is 2.56. The van der Waals surface area contributed by atoms with Crippen molar-refractivity contribution in [3.8, 4) is 0 Å². The summed E-state index contributed by atoms with van der Waals surface area (Å²) in [6.07, 6.45) is 2.98. The Kier molecular flexibility index (Phi) is 5.10. The molecule has 2 unspecified atom stereocenters. The number of alkyl halides is 3. The highest BCUT2D eigenvalue weighted by Gasteiger charge is 2.33. The fourth-order valence-corrected chi connectivity index (χ4v) is 2.85. The van der Waals surface area contributed by atoms with Crippen molar-refractivity contribution in [1.29, 1.82) is 0 Å². The summed E-state index contributed by atoms with van der Waals surface area (Å²) in [7, 11) is 0. The maximum atomic E-state index is 12.5. The number of rotatable bonds is 3. The van der Waals surface area contributed by atoms with Gasteiger partial charge in [-0.15, -0.1) is 0 Å². The number of carbonyl (C=O) groups excluding carboxylic acids is 1. The average molecular weight is 319 g/mol. The SMILES string of the molecule is CC1NCCCC1NC(=O)c1cccnc1SC(F)(F)F. The zero-order valence-corrected chi connectivity index (χ0v) is 12.2. The second-order valence-electron chi connectivity index (χ2n) is 4.87. The highest BCUT2D eigenvalue weighted by molar-refractivity contribution is 8.00. The van der Waals surface area contributed by atoms with Crippen LogP contribution >= 0.6 is 11.8 Å². The maximum Gasteiger partial charge on any atom is 0.447 e. The van der Waals surface area contributed by atoms with Gasteiger partial charge in [-0.2, -0.15) is 13.2 Å². The first-order valence-electron chi connectivity index (χ1n) is 6.62. The number of hydrogen-bond donors (Lipinski definition) is 2. The molecule has 1 aliphatic rings. The molecular formula is C13H16F3N3OS. The second-order valence-corrected chi connectivity index (χ2v) is 5.92. The molecule has 2 rings (SSSR count). The van der Waals surface area contributed by atoms with Crippen LogP contribution in [0.5, 0.6) is 0 Å². The third kappa shape index (κ3) is 4.60. The minimum absolute atomic E-state index is 0.0439. The Morgan fingerprint density at radius 1 is 1.52 bits per heavy atom. The highest BCUT2D eigenvalue weighted by atomic mass is 32.2. The van der Waals surface area contributed by atoms with Crippen LogP contribution in [0.4, 0.5) is 13.2 Å². The first kappa shape index (κ1) is 16.1. The van der Waals surface area contributed by atoms with Gasteiger partial charge in [-0.05, 0) is 38.4 Å². The van der Waals surface area contributed by atoms with Gasteiger partial charge in [0.25, 0.3) is 5.91 Å². The van der Waals surface area contributed by atoms with E-state index in [0.29, 0.717) is 0 Å². The number of carbonyl (C=O) groups is 1. The molecule has 2 atom stereocenters. The van der Waals surface area contributed by atoms with Gasteiger partial charge in [-0.1, -0.05) is 0 Å². The molecule has 1 amide bonds. The van der Waals surface area contributed by atoms with E-state index in [-0.39, 0.29) is 34.4 Å². The Hall–Kier alpha value is -1.28. The Bertz CT molecular complexity index is 510. The number of pyridine rings is 1. The molecule has 1 aliphatic heterocycles. The van der Waals surface area contributed by atoms with Crippen LogP contribution in [0.3, 0.4) is 0 Å². The zero-order chi connectivity index (χ0) is 15.5. The maximum absolute atomic E-state index is 12.5. The van der Waals surface area contributed by atoms with Gasteiger partial charge < -0.3 is 10.6 Å². The lowest BCUT2D eigenvalue weighted by Crippen LogP contribution is -2.52. The summed E-state index contributed by atoms with van der Waals surface area (Å²) < 4.78 is 37.5. The number of nitrogens with zero attached hydrogens (tertiary/aromatic N) is 1. The van der Waals surface area contributed by atoms with E-state index in [2.05, 4.69) is 15.6 Å². The number of halogens is 3. The van der Waals surface area contributed by atoms with Gasteiger partial charge >= 0.3 is 5.51 Å². The van der Waals surface area contributed by atoms with Crippen molar-refractivity contribution in [2.24, 2.45) is 0 Å². The Labute approximate surface area is 124 Å². The average Bonchev–Trinajstić information content (AvgIpc) is 2.40. The quantitative estimate of drug-likeness (QED) is 0.841. The highest BCUT2D eigenvalue weighted by Crippen LogP contribution is 2.37. The van der Waals surface area contributed by atoms with E-state index in [1.165, 1.54) is 18.3 Å². The minimum Gasteiger partial charge on any atom is -0.348 e. The number of amides is 1. The number of thioether (sulfide) groups is 1. The fraction of sp³-hybridized carbons (Fsp3) is 0.538. The van der Waals surface area contributed by atoms with E-state index in [0.717, 1.165) is 19.4 Å². The number of nitrogens with one attached hydrogen (secondary N) is 2. The van der Waals surface area contributed by atoms with E-state index in [9.17, 15) is 18.0 Å². The standard InChI is InChI=1S/C13H16F3N3OS/c1-8-10(5-3-6-17-8)19-11(20)9-4-2-7-18-12(9)21-13(14,15)16/h2,4,7-8,10,17H,3,5-6H2,1H3,(H,19,20). The predicted molar refractivity (Wildman–Crippen MR) is 74.1 cm³/mol. The smallest absolute Gasteiger partial charge is 0.348 e. The number of piperidine rings is 1. The van der Waals surface area contributed by atoms with E-state index >= 15 is 0 Å².